The van der Waals surface area contributed by atoms with Crippen molar-refractivity contribution in [3.8, 4) is 0 Å². The first-order valence-electron chi connectivity index (χ1n) is 6.56. The van der Waals surface area contributed by atoms with E-state index in [4.69, 9.17) is 0 Å². The van der Waals surface area contributed by atoms with Crippen molar-refractivity contribution in [2.24, 2.45) is 7.05 Å². The maximum atomic E-state index is 10.9. The second-order valence-electron chi connectivity index (χ2n) is 5.28. The average Bonchev–Trinajstić information content (AvgIpc) is 2.69. The van der Waals surface area contributed by atoms with Crippen LogP contribution in [0.3, 0.4) is 0 Å². The minimum atomic E-state index is -0.523. The van der Waals surface area contributed by atoms with E-state index < -0.39 is 6.10 Å². The lowest BCUT2D eigenvalue weighted by Gasteiger charge is -2.46. The van der Waals surface area contributed by atoms with Crippen molar-refractivity contribution in [1.82, 2.24) is 9.78 Å². The topological polar surface area (TPSA) is 38.0 Å². The van der Waals surface area contributed by atoms with Gasteiger partial charge < -0.3 is 5.11 Å². The van der Waals surface area contributed by atoms with Gasteiger partial charge in [-0.15, -0.1) is 0 Å². The molecule has 3 rings (SSSR count). The van der Waals surface area contributed by atoms with Crippen LogP contribution in [0.2, 0.25) is 0 Å². The van der Waals surface area contributed by atoms with E-state index in [1.165, 1.54) is 12.0 Å². The van der Waals surface area contributed by atoms with Crippen LogP contribution in [0.5, 0.6) is 0 Å². The number of nitrogens with zero attached hydrogens (tertiary/aromatic N) is 2. The summed E-state index contributed by atoms with van der Waals surface area (Å²) in [5.74, 6) is 0. The highest BCUT2D eigenvalue weighted by molar-refractivity contribution is 9.10. The Balaban J connectivity index is 2.04. The average molecular weight is 321 g/mol. The molecule has 3 nitrogen and oxygen atoms in total. The van der Waals surface area contributed by atoms with Gasteiger partial charge in [-0.2, -0.15) is 5.10 Å². The zero-order valence-corrected chi connectivity index (χ0v) is 12.5. The lowest BCUT2D eigenvalue weighted by molar-refractivity contribution is 0.0206. The quantitative estimate of drug-likeness (QED) is 0.941. The summed E-state index contributed by atoms with van der Waals surface area (Å²) in [4.78, 5) is 0. The second kappa shape index (κ2) is 4.76. The molecule has 1 aliphatic rings. The van der Waals surface area contributed by atoms with Gasteiger partial charge in [-0.05, 0) is 34.3 Å². The van der Waals surface area contributed by atoms with E-state index in [0.29, 0.717) is 0 Å². The predicted octanol–water partition coefficient (Wildman–Crippen LogP) is 3.34. The second-order valence-corrected chi connectivity index (χ2v) is 6.13. The van der Waals surface area contributed by atoms with Crippen LogP contribution in [0.25, 0.3) is 0 Å². The van der Waals surface area contributed by atoms with Gasteiger partial charge >= 0.3 is 0 Å². The third kappa shape index (κ3) is 1.94. The number of hydrogen-bond acceptors (Lipinski definition) is 2. The first kappa shape index (κ1) is 12.9. The zero-order chi connectivity index (χ0) is 13.5. The summed E-state index contributed by atoms with van der Waals surface area (Å²) < 4.78 is 2.64. The minimum absolute atomic E-state index is 0.155. The number of halogens is 1. The highest BCUT2D eigenvalue weighted by Crippen LogP contribution is 2.52. The summed E-state index contributed by atoms with van der Waals surface area (Å²) in [6.07, 6.45) is 4.44. The van der Waals surface area contributed by atoms with E-state index in [-0.39, 0.29) is 5.41 Å². The number of hydrogen-bond donors (Lipinski definition) is 1. The number of aromatic nitrogens is 2. The molecule has 1 atom stereocenters. The summed E-state index contributed by atoms with van der Waals surface area (Å²) in [7, 11) is 1.88. The molecule has 0 amide bonds. The van der Waals surface area contributed by atoms with Crippen LogP contribution in [-0.2, 0) is 12.5 Å². The largest absolute Gasteiger partial charge is 0.386 e. The van der Waals surface area contributed by atoms with Crippen LogP contribution < -0.4 is 0 Å². The van der Waals surface area contributed by atoms with Crippen molar-refractivity contribution in [1.29, 1.82) is 0 Å². The van der Waals surface area contributed by atoms with E-state index in [1.54, 1.807) is 10.9 Å². The fourth-order valence-corrected chi connectivity index (χ4v) is 3.60. The number of aryl methyl sites for hydroxylation is 1. The van der Waals surface area contributed by atoms with Gasteiger partial charge in [0, 0.05) is 12.5 Å². The van der Waals surface area contributed by atoms with Crippen molar-refractivity contribution in [2.45, 2.75) is 30.8 Å². The Morgan fingerprint density at radius 3 is 2.47 bits per heavy atom. The monoisotopic (exact) mass is 320 g/mol. The molecule has 1 fully saturated rings. The third-order valence-electron chi connectivity index (χ3n) is 4.31. The molecule has 100 valence electrons. The Hall–Kier alpha value is -1.13. The van der Waals surface area contributed by atoms with Crippen LogP contribution in [0.15, 0.2) is 41.0 Å². The third-order valence-corrected chi connectivity index (χ3v) is 4.93. The molecule has 1 aliphatic carbocycles. The van der Waals surface area contributed by atoms with Crippen molar-refractivity contribution < 1.29 is 5.11 Å². The first-order chi connectivity index (χ1) is 9.15. The van der Waals surface area contributed by atoms with Crippen molar-refractivity contribution >= 4 is 15.9 Å². The lowest BCUT2D eigenvalue weighted by Crippen LogP contribution is -2.41. The molecule has 4 heteroatoms. The van der Waals surface area contributed by atoms with Gasteiger partial charge in [-0.1, -0.05) is 36.8 Å². The molecule has 0 bridgehead atoms. The Labute approximate surface area is 121 Å². The van der Waals surface area contributed by atoms with E-state index >= 15 is 0 Å². The van der Waals surface area contributed by atoms with Gasteiger partial charge in [0.1, 0.15) is 6.10 Å². The first-order valence-corrected chi connectivity index (χ1v) is 7.35. The van der Waals surface area contributed by atoms with Crippen LogP contribution in [0.4, 0.5) is 0 Å². The van der Waals surface area contributed by atoms with Crippen LogP contribution in [-0.4, -0.2) is 14.9 Å². The summed E-state index contributed by atoms with van der Waals surface area (Å²) in [5.41, 5.74) is 1.93. The molecule has 1 aromatic heterocycles. The predicted molar refractivity (Wildman–Crippen MR) is 77.8 cm³/mol. The number of aliphatic hydroxyl groups is 1. The summed E-state index contributed by atoms with van der Waals surface area (Å²) >= 11 is 3.49. The maximum absolute atomic E-state index is 10.9. The van der Waals surface area contributed by atoms with Gasteiger partial charge in [0.25, 0.3) is 0 Å². The van der Waals surface area contributed by atoms with Gasteiger partial charge in [-0.25, -0.2) is 0 Å². The number of benzene rings is 1. The summed E-state index contributed by atoms with van der Waals surface area (Å²) in [6.45, 7) is 0. The van der Waals surface area contributed by atoms with Crippen LogP contribution in [0.1, 0.15) is 36.6 Å². The fraction of sp³-hybridized carbons (Fsp3) is 0.400. The Kier molecular flexibility index (Phi) is 3.23. The molecule has 2 aromatic rings. The van der Waals surface area contributed by atoms with E-state index in [2.05, 4.69) is 33.2 Å². The Morgan fingerprint density at radius 1 is 1.32 bits per heavy atom. The van der Waals surface area contributed by atoms with Crippen molar-refractivity contribution in [3.63, 3.8) is 0 Å². The Morgan fingerprint density at radius 2 is 2.00 bits per heavy atom. The van der Waals surface area contributed by atoms with E-state index in [0.717, 1.165) is 23.0 Å². The SMILES string of the molecule is Cn1ncc(Br)c1C(O)C1(c2ccccc2)CCC1. The normalized spacial score (nSPS) is 18.9. The van der Waals surface area contributed by atoms with Gasteiger partial charge in [0.05, 0.1) is 16.4 Å². The van der Waals surface area contributed by atoms with Gasteiger partial charge in [0.15, 0.2) is 0 Å². The molecule has 0 saturated heterocycles. The molecule has 1 heterocycles. The highest BCUT2D eigenvalue weighted by atomic mass is 79.9. The molecule has 0 radical (unpaired) electrons. The zero-order valence-electron chi connectivity index (χ0n) is 10.9. The fourth-order valence-electron chi connectivity index (χ4n) is 3.04. The van der Waals surface area contributed by atoms with Crippen molar-refractivity contribution in [2.75, 3.05) is 0 Å². The van der Waals surface area contributed by atoms with E-state index in [1.807, 2.05) is 25.2 Å². The standard InChI is InChI=1S/C15H17BrN2O/c1-18-13(12(16)10-17-18)14(19)15(8-5-9-15)11-6-3-2-4-7-11/h2-4,6-7,10,14,19H,5,8-9H2,1H3. The minimum Gasteiger partial charge on any atom is -0.386 e. The molecule has 1 N–H and O–H groups in total. The molecule has 19 heavy (non-hydrogen) atoms. The summed E-state index contributed by atoms with van der Waals surface area (Å²) in [6, 6.07) is 10.3. The molecule has 1 unspecified atom stereocenters. The molecular formula is C15H17BrN2O. The van der Waals surface area contributed by atoms with E-state index in [9.17, 15) is 5.11 Å². The highest BCUT2D eigenvalue weighted by Gasteiger charge is 2.47. The smallest absolute Gasteiger partial charge is 0.106 e. The Bertz CT molecular complexity index is 556. The maximum Gasteiger partial charge on any atom is 0.106 e. The number of rotatable bonds is 3. The van der Waals surface area contributed by atoms with Crippen molar-refractivity contribution in [3.05, 3.63) is 52.3 Å². The van der Waals surface area contributed by atoms with Crippen LogP contribution >= 0.6 is 15.9 Å². The molecular weight excluding hydrogens is 304 g/mol. The molecule has 0 spiro atoms. The molecule has 0 aliphatic heterocycles. The molecule has 1 aromatic carbocycles. The molecule has 1 saturated carbocycles. The van der Waals surface area contributed by atoms with Gasteiger partial charge in [0.2, 0.25) is 0 Å². The van der Waals surface area contributed by atoms with Crippen LogP contribution in [0, 0.1) is 0 Å². The van der Waals surface area contributed by atoms with Gasteiger partial charge in [-0.3, -0.25) is 4.68 Å². The number of aliphatic hydroxyl groups excluding tert-OH is 1. The lowest BCUT2D eigenvalue weighted by atomic mass is 9.60. The summed E-state index contributed by atoms with van der Waals surface area (Å²) in [5, 5.41) is 15.1.